The molecule has 5 nitrogen and oxygen atoms in total. The van der Waals surface area contributed by atoms with Gasteiger partial charge in [0.15, 0.2) is 16.8 Å². The van der Waals surface area contributed by atoms with E-state index in [0.717, 1.165) is 27.9 Å². The van der Waals surface area contributed by atoms with Crippen molar-refractivity contribution in [2.24, 2.45) is 7.05 Å². The molecule has 0 radical (unpaired) electrons. The lowest BCUT2D eigenvalue weighted by Crippen LogP contribution is -2.11. The zero-order valence-electron chi connectivity index (χ0n) is 17.2. The molecule has 5 aromatic rings. The predicted octanol–water partition coefficient (Wildman–Crippen LogP) is 6.33. The number of H-pyrrole nitrogens is 1. The van der Waals surface area contributed by atoms with E-state index in [9.17, 15) is 4.79 Å². The van der Waals surface area contributed by atoms with Crippen molar-refractivity contribution in [1.29, 1.82) is 0 Å². The van der Waals surface area contributed by atoms with Crippen molar-refractivity contribution in [2.45, 2.75) is 10.4 Å². The Balaban J connectivity index is 1.53. The number of carbonyl (C=O) groups excluding carboxylic acids is 1. The summed E-state index contributed by atoms with van der Waals surface area (Å²) in [6.45, 7) is 0. The quantitative estimate of drug-likeness (QED) is 0.238. The molecular formula is C25H19ClN4OS. The Bertz CT molecular complexity index is 1390. The fourth-order valence-electron chi connectivity index (χ4n) is 3.69. The minimum atomic E-state index is -0.462. The molecule has 5 rings (SSSR count). The van der Waals surface area contributed by atoms with Crippen molar-refractivity contribution in [1.82, 2.24) is 19.7 Å². The van der Waals surface area contributed by atoms with Gasteiger partial charge in [-0.15, -0.1) is 10.2 Å². The first-order valence-corrected chi connectivity index (χ1v) is 11.3. The van der Waals surface area contributed by atoms with Crippen molar-refractivity contribution < 1.29 is 4.79 Å². The smallest absolute Gasteiger partial charge is 0.192 e. The van der Waals surface area contributed by atoms with Crippen LogP contribution in [0.3, 0.4) is 0 Å². The van der Waals surface area contributed by atoms with Crippen LogP contribution in [0.25, 0.3) is 22.3 Å². The summed E-state index contributed by atoms with van der Waals surface area (Å²) in [6.07, 6.45) is 1.79. The van der Waals surface area contributed by atoms with Crippen LogP contribution in [0.5, 0.6) is 0 Å². The molecule has 0 bridgehead atoms. The molecule has 1 N–H and O–H groups in total. The summed E-state index contributed by atoms with van der Waals surface area (Å²) in [5.41, 5.74) is 3.44. The molecular weight excluding hydrogens is 440 g/mol. The van der Waals surface area contributed by atoms with Crippen LogP contribution in [0.15, 0.2) is 90.2 Å². The van der Waals surface area contributed by atoms with E-state index in [0.29, 0.717) is 15.7 Å². The SMILES string of the molecule is Cn1c(SC(C(=O)c2c[nH]c3ccccc23)c2ccccc2)nnc1-c1ccc(Cl)cc1. The summed E-state index contributed by atoms with van der Waals surface area (Å²) in [4.78, 5) is 16.9. The van der Waals surface area contributed by atoms with Crippen LogP contribution < -0.4 is 0 Å². The number of benzene rings is 3. The fourth-order valence-corrected chi connectivity index (χ4v) is 4.89. The van der Waals surface area contributed by atoms with Crippen molar-refractivity contribution in [3.8, 4) is 11.4 Å². The standard InChI is InChI=1S/C25H19ClN4OS/c1-30-24(17-11-13-18(26)14-12-17)28-29-25(30)32-23(16-7-3-2-4-8-16)22(31)20-15-27-21-10-6-5-9-19(20)21/h2-15,23,27H,1H3. The normalized spacial score (nSPS) is 12.2. The summed E-state index contributed by atoms with van der Waals surface area (Å²) < 4.78 is 1.91. The second kappa shape index (κ2) is 8.65. The molecule has 0 spiro atoms. The Morgan fingerprint density at radius 3 is 2.47 bits per heavy atom. The number of nitrogens with zero attached hydrogens (tertiary/aromatic N) is 3. The average Bonchev–Trinajstić information content (AvgIpc) is 3.42. The first kappa shape index (κ1) is 20.5. The highest BCUT2D eigenvalue weighted by atomic mass is 35.5. The number of para-hydroxylation sites is 1. The molecule has 2 aromatic heterocycles. The summed E-state index contributed by atoms with van der Waals surface area (Å²) in [6, 6.07) is 25.1. The van der Waals surface area contributed by atoms with Crippen LogP contribution in [0, 0.1) is 0 Å². The number of hydrogen-bond acceptors (Lipinski definition) is 4. The Hall–Kier alpha value is -3.35. The van der Waals surface area contributed by atoms with Gasteiger partial charge in [-0.25, -0.2) is 0 Å². The van der Waals surface area contributed by atoms with Crippen molar-refractivity contribution in [2.75, 3.05) is 0 Å². The van der Waals surface area contributed by atoms with E-state index in [-0.39, 0.29) is 5.78 Å². The monoisotopic (exact) mass is 458 g/mol. The highest BCUT2D eigenvalue weighted by molar-refractivity contribution is 8.00. The lowest BCUT2D eigenvalue weighted by molar-refractivity contribution is 0.0991. The summed E-state index contributed by atoms with van der Waals surface area (Å²) in [7, 11) is 1.91. The van der Waals surface area contributed by atoms with Crippen LogP contribution in [0.4, 0.5) is 0 Å². The van der Waals surface area contributed by atoms with Crippen molar-refractivity contribution in [3.05, 3.63) is 101 Å². The van der Waals surface area contributed by atoms with E-state index in [1.807, 2.05) is 90.5 Å². The molecule has 1 atom stereocenters. The van der Waals surface area contributed by atoms with E-state index in [4.69, 9.17) is 11.6 Å². The second-order valence-corrected chi connectivity index (χ2v) is 8.90. The highest BCUT2D eigenvalue weighted by Gasteiger charge is 2.28. The molecule has 32 heavy (non-hydrogen) atoms. The Morgan fingerprint density at radius 1 is 0.969 bits per heavy atom. The van der Waals surface area contributed by atoms with Gasteiger partial charge in [-0.3, -0.25) is 4.79 Å². The third-order valence-corrected chi connectivity index (χ3v) is 6.90. The van der Waals surface area contributed by atoms with Crippen molar-refractivity contribution >= 4 is 40.0 Å². The highest BCUT2D eigenvalue weighted by Crippen LogP contribution is 2.39. The maximum atomic E-state index is 13.7. The van der Waals surface area contributed by atoms with Gasteiger partial charge in [-0.05, 0) is 35.9 Å². The zero-order chi connectivity index (χ0) is 22.1. The largest absolute Gasteiger partial charge is 0.360 e. The number of thioether (sulfide) groups is 1. The van der Waals surface area contributed by atoms with Gasteiger partial charge in [-0.1, -0.05) is 71.9 Å². The molecule has 0 aliphatic heterocycles. The summed E-state index contributed by atoms with van der Waals surface area (Å²) >= 11 is 7.42. The number of carbonyl (C=O) groups is 1. The fraction of sp³-hybridized carbons (Fsp3) is 0.0800. The van der Waals surface area contributed by atoms with Crippen LogP contribution >= 0.6 is 23.4 Å². The zero-order valence-corrected chi connectivity index (χ0v) is 18.8. The van der Waals surface area contributed by atoms with E-state index in [1.165, 1.54) is 11.8 Å². The average molecular weight is 459 g/mol. The number of hydrogen-bond donors (Lipinski definition) is 1. The third-order valence-electron chi connectivity index (χ3n) is 5.36. The molecule has 2 heterocycles. The van der Waals surface area contributed by atoms with Gasteiger partial charge >= 0.3 is 0 Å². The van der Waals surface area contributed by atoms with Crippen molar-refractivity contribution in [3.63, 3.8) is 0 Å². The lowest BCUT2D eigenvalue weighted by Gasteiger charge is -2.15. The van der Waals surface area contributed by atoms with E-state index in [1.54, 1.807) is 6.20 Å². The van der Waals surface area contributed by atoms with Gasteiger partial charge in [0.2, 0.25) is 0 Å². The molecule has 0 aliphatic carbocycles. The summed E-state index contributed by atoms with van der Waals surface area (Å²) in [5, 5.41) is 10.5. The third kappa shape index (κ3) is 3.83. The van der Waals surface area contributed by atoms with Gasteiger partial charge in [0.25, 0.3) is 0 Å². The Kier molecular flexibility index (Phi) is 5.55. The number of halogens is 1. The number of fused-ring (bicyclic) bond motifs is 1. The van der Waals surface area contributed by atoms with E-state index < -0.39 is 5.25 Å². The van der Waals surface area contributed by atoms with Crippen LogP contribution in [0.1, 0.15) is 21.2 Å². The van der Waals surface area contributed by atoms with Gasteiger partial charge in [0.05, 0.1) is 0 Å². The first-order chi connectivity index (χ1) is 15.6. The minimum Gasteiger partial charge on any atom is -0.360 e. The van der Waals surface area contributed by atoms with Gasteiger partial charge in [0, 0.05) is 40.3 Å². The molecule has 158 valence electrons. The number of ketones is 1. The number of aromatic nitrogens is 4. The Labute approximate surface area is 194 Å². The number of Topliss-reactive ketones (excluding diaryl/α,β-unsaturated/α-hetero) is 1. The van der Waals surface area contributed by atoms with Crippen LogP contribution in [0.2, 0.25) is 5.02 Å². The maximum absolute atomic E-state index is 13.7. The maximum Gasteiger partial charge on any atom is 0.192 e. The lowest BCUT2D eigenvalue weighted by atomic mass is 10.0. The van der Waals surface area contributed by atoms with Crippen LogP contribution in [-0.4, -0.2) is 25.5 Å². The summed E-state index contributed by atoms with van der Waals surface area (Å²) in [5.74, 6) is 0.741. The molecule has 0 amide bonds. The molecule has 7 heteroatoms. The second-order valence-electron chi connectivity index (χ2n) is 7.39. The molecule has 1 unspecified atom stereocenters. The van der Waals surface area contributed by atoms with E-state index in [2.05, 4.69) is 15.2 Å². The topological polar surface area (TPSA) is 63.6 Å². The molecule has 0 saturated carbocycles. The molecule has 3 aromatic carbocycles. The number of nitrogens with one attached hydrogen (secondary N) is 1. The molecule has 0 aliphatic rings. The van der Waals surface area contributed by atoms with Gasteiger partial charge < -0.3 is 9.55 Å². The van der Waals surface area contributed by atoms with Crippen LogP contribution in [-0.2, 0) is 7.05 Å². The molecule has 0 fully saturated rings. The number of aromatic amines is 1. The van der Waals surface area contributed by atoms with E-state index >= 15 is 0 Å². The van der Waals surface area contributed by atoms with Gasteiger partial charge in [-0.2, -0.15) is 0 Å². The first-order valence-electron chi connectivity index (χ1n) is 10.1. The molecule has 0 saturated heterocycles. The predicted molar refractivity (Wildman–Crippen MR) is 129 cm³/mol. The number of rotatable bonds is 6. The Morgan fingerprint density at radius 2 is 1.69 bits per heavy atom. The minimum absolute atomic E-state index is 0.0229. The van der Waals surface area contributed by atoms with Gasteiger partial charge in [0.1, 0.15) is 5.25 Å².